The van der Waals surface area contributed by atoms with Gasteiger partial charge < -0.3 is 15.7 Å². The highest BCUT2D eigenvalue weighted by Gasteiger charge is 2.45. The van der Waals surface area contributed by atoms with E-state index in [1.807, 2.05) is 0 Å². The first-order chi connectivity index (χ1) is 9.29. The molecule has 1 aliphatic carbocycles. The van der Waals surface area contributed by atoms with E-state index < -0.39 is 5.97 Å². The third-order valence-electron chi connectivity index (χ3n) is 3.68. The summed E-state index contributed by atoms with van der Waals surface area (Å²) in [6, 6.07) is 3.98. The molecule has 0 aromatic heterocycles. The smallest absolute Gasteiger partial charge is 0.337 e. The van der Waals surface area contributed by atoms with Crippen LogP contribution in [0.4, 0.5) is 10.5 Å². The van der Waals surface area contributed by atoms with Crippen molar-refractivity contribution >= 4 is 29.3 Å². The van der Waals surface area contributed by atoms with Crippen molar-refractivity contribution < 1.29 is 14.7 Å². The minimum absolute atomic E-state index is 0.0114. The van der Waals surface area contributed by atoms with Crippen LogP contribution in [-0.4, -0.2) is 23.7 Å². The van der Waals surface area contributed by atoms with Gasteiger partial charge in [-0.2, -0.15) is 0 Å². The van der Waals surface area contributed by atoms with Crippen LogP contribution >= 0.6 is 11.6 Å². The van der Waals surface area contributed by atoms with Gasteiger partial charge in [-0.25, -0.2) is 9.59 Å². The van der Waals surface area contributed by atoms with Crippen molar-refractivity contribution in [1.29, 1.82) is 0 Å². The fraction of sp³-hybridized carbons (Fsp3) is 0.429. The molecule has 1 aromatic carbocycles. The summed E-state index contributed by atoms with van der Waals surface area (Å²) in [5.74, 6) is -0.576. The van der Waals surface area contributed by atoms with Gasteiger partial charge in [-0.1, -0.05) is 25.4 Å². The van der Waals surface area contributed by atoms with Gasteiger partial charge in [0.15, 0.2) is 0 Å². The minimum atomic E-state index is -1.10. The molecule has 1 aliphatic rings. The standard InChI is InChI=1S/C14H17ClN2O3/c1-14(2)6-8(14)7-16-13(20)17-9-3-4-10(12(18)19)11(15)5-9/h3-5,8H,6-7H2,1-2H3,(H,18,19)(H2,16,17,20). The highest BCUT2D eigenvalue weighted by Crippen LogP contribution is 2.50. The molecular formula is C14H17ClN2O3. The third-order valence-corrected chi connectivity index (χ3v) is 4.00. The summed E-state index contributed by atoms with van der Waals surface area (Å²) in [5.41, 5.74) is 0.796. The van der Waals surface area contributed by atoms with Crippen LogP contribution in [0.1, 0.15) is 30.6 Å². The lowest BCUT2D eigenvalue weighted by atomic mass is 10.1. The fourth-order valence-electron chi connectivity index (χ4n) is 2.08. The van der Waals surface area contributed by atoms with Gasteiger partial charge in [0.25, 0.3) is 0 Å². The van der Waals surface area contributed by atoms with E-state index in [4.69, 9.17) is 16.7 Å². The fourth-order valence-corrected chi connectivity index (χ4v) is 2.34. The minimum Gasteiger partial charge on any atom is -0.478 e. The van der Waals surface area contributed by atoms with Crippen molar-refractivity contribution in [2.75, 3.05) is 11.9 Å². The Balaban J connectivity index is 1.88. The summed E-state index contributed by atoms with van der Waals surface area (Å²) < 4.78 is 0. The SMILES string of the molecule is CC1(C)CC1CNC(=O)Nc1ccc(C(=O)O)c(Cl)c1. The maximum atomic E-state index is 11.7. The van der Waals surface area contributed by atoms with Crippen molar-refractivity contribution in [3.63, 3.8) is 0 Å². The molecule has 1 aromatic rings. The zero-order valence-electron chi connectivity index (χ0n) is 11.4. The number of nitrogens with one attached hydrogen (secondary N) is 2. The number of anilines is 1. The molecule has 20 heavy (non-hydrogen) atoms. The van der Waals surface area contributed by atoms with Crippen molar-refractivity contribution in [1.82, 2.24) is 5.32 Å². The van der Waals surface area contributed by atoms with Crippen molar-refractivity contribution in [3.05, 3.63) is 28.8 Å². The third kappa shape index (κ3) is 3.42. The lowest BCUT2D eigenvalue weighted by Gasteiger charge is -2.09. The van der Waals surface area contributed by atoms with Crippen LogP contribution in [0.25, 0.3) is 0 Å². The van der Waals surface area contributed by atoms with E-state index in [1.165, 1.54) is 18.2 Å². The Morgan fingerprint density at radius 2 is 2.10 bits per heavy atom. The second-order valence-corrected chi connectivity index (χ2v) is 6.13. The molecule has 1 atom stereocenters. The molecule has 108 valence electrons. The Kier molecular flexibility index (Phi) is 3.90. The van der Waals surface area contributed by atoms with Crippen LogP contribution in [-0.2, 0) is 0 Å². The van der Waals surface area contributed by atoms with E-state index in [-0.39, 0.29) is 16.6 Å². The van der Waals surface area contributed by atoms with Gasteiger partial charge >= 0.3 is 12.0 Å². The highest BCUT2D eigenvalue weighted by molar-refractivity contribution is 6.33. The maximum absolute atomic E-state index is 11.7. The molecule has 2 amide bonds. The topological polar surface area (TPSA) is 78.4 Å². The average molecular weight is 297 g/mol. The van der Waals surface area contributed by atoms with Gasteiger partial charge in [-0.3, -0.25) is 0 Å². The van der Waals surface area contributed by atoms with Crippen LogP contribution in [0.15, 0.2) is 18.2 Å². The van der Waals surface area contributed by atoms with Crippen molar-refractivity contribution in [2.45, 2.75) is 20.3 Å². The van der Waals surface area contributed by atoms with E-state index >= 15 is 0 Å². The zero-order chi connectivity index (χ0) is 14.9. The number of hydrogen-bond donors (Lipinski definition) is 3. The van der Waals surface area contributed by atoms with Crippen LogP contribution in [0, 0.1) is 11.3 Å². The van der Waals surface area contributed by atoms with E-state index in [2.05, 4.69) is 24.5 Å². The molecule has 0 aliphatic heterocycles. The van der Waals surface area contributed by atoms with Gasteiger partial charge in [-0.05, 0) is 36.0 Å². The van der Waals surface area contributed by atoms with Gasteiger partial charge in [-0.15, -0.1) is 0 Å². The number of rotatable bonds is 4. The van der Waals surface area contributed by atoms with Gasteiger partial charge in [0.1, 0.15) is 0 Å². The second-order valence-electron chi connectivity index (χ2n) is 5.72. The van der Waals surface area contributed by atoms with E-state index in [0.717, 1.165) is 6.42 Å². The summed E-state index contributed by atoms with van der Waals surface area (Å²) >= 11 is 5.83. The number of benzene rings is 1. The monoisotopic (exact) mass is 296 g/mol. The predicted octanol–water partition coefficient (Wildman–Crippen LogP) is 3.21. The number of amides is 2. The normalized spacial score (nSPS) is 19.2. The molecule has 0 radical (unpaired) electrons. The van der Waals surface area contributed by atoms with E-state index in [9.17, 15) is 9.59 Å². The highest BCUT2D eigenvalue weighted by atomic mass is 35.5. The molecule has 2 rings (SSSR count). The van der Waals surface area contributed by atoms with E-state index in [1.54, 1.807) is 0 Å². The first-order valence-electron chi connectivity index (χ1n) is 6.37. The van der Waals surface area contributed by atoms with Crippen molar-refractivity contribution in [3.8, 4) is 0 Å². The Bertz CT molecular complexity index is 557. The summed E-state index contributed by atoms with van der Waals surface area (Å²) in [6.07, 6.45) is 1.12. The van der Waals surface area contributed by atoms with Gasteiger partial charge in [0, 0.05) is 12.2 Å². The van der Waals surface area contributed by atoms with Crippen LogP contribution in [0.5, 0.6) is 0 Å². The number of aromatic carboxylic acids is 1. The molecule has 1 unspecified atom stereocenters. The first-order valence-corrected chi connectivity index (χ1v) is 6.75. The van der Waals surface area contributed by atoms with Crippen LogP contribution in [0.3, 0.4) is 0 Å². The molecule has 3 N–H and O–H groups in total. The molecule has 1 fully saturated rings. The zero-order valence-corrected chi connectivity index (χ0v) is 12.1. The molecule has 0 bridgehead atoms. The lowest BCUT2D eigenvalue weighted by Crippen LogP contribution is -2.31. The number of carboxylic acid groups (broad SMARTS) is 1. The Hall–Kier alpha value is -1.75. The molecule has 1 saturated carbocycles. The summed E-state index contributed by atoms with van der Waals surface area (Å²) in [4.78, 5) is 22.5. The summed E-state index contributed by atoms with van der Waals surface area (Å²) in [7, 11) is 0. The maximum Gasteiger partial charge on any atom is 0.337 e. The summed E-state index contributed by atoms with van der Waals surface area (Å²) in [5, 5.41) is 14.4. The number of halogens is 1. The quantitative estimate of drug-likeness (QED) is 0.798. The number of carboxylic acids is 1. The molecule has 0 saturated heterocycles. The Morgan fingerprint density at radius 1 is 1.45 bits per heavy atom. The Morgan fingerprint density at radius 3 is 2.60 bits per heavy atom. The second kappa shape index (κ2) is 5.32. The van der Waals surface area contributed by atoms with Crippen LogP contribution in [0.2, 0.25) is 5.02 Å². The van der Waals surface area contributed by atoms with Gasteiger partial charge in [0.2, 0.25) is 0 Å². The predicted molar refractivity (Wildman–Crippen MR) is 77.3 cm³/mol. The molecule has 0 heterocycles. The van der Waals surface area contributed by atoms with E-state index in [0.29, 0.717) is 23.6 Å². The molecule has 0 spiro atoms. The van der Waals surface area contributed by atoms with Crippen molar-refractivity contribution in [2.24, 2.45) is 11.3 Å². The largest absolute Gasteiger partial charge is 0.478 e. The molecular weight excluding hydrogens is 280 g/mol. The van der Waals surface area contributed by atoms with Gasteiger partial charge in [0.05, 0.1) is 10.6 Å². The number of hydrogen-bond acceptors (Lipinski definition) is 2. The average Bonchev–Trinajstić information content (AvgIpc) is 2.94. The summed E-state index contributed by atoms with van der Waals surface area (Å²) in [6.45, 7) is 4.98. The number of carbonyl (C=O) groups is 2. The Labute approximate surface area is 122 Å². The first kappa shape index (κ1) is 14.7. The molecule has 6 heteroatoms. The number of urea groups is 1. The van der Waals surface area contributed by atoms with Crippen LogP contribution < -0.4 is 10.6 Å². The molecule has 5 nitrogen and oxygen atoms in total. The number of carbonyl (C=O) groups excluding carboxylic acids is 1. The lowest BCUT2D eigenvalue weighted by molar-refractivity contribution is 0.0697.